The minimum absolute atomic E-state index is 0.356. The van der Waals surface area contributed by atoms with E-state index in [2.05, 4.69) is 11.5 Å². The molecular weight excluding hydrogens is 522 g/mol. The van der Waals surface area contributed by atoms with Crippen LogP contribution in [0.3, 0.4) is 0 Å². The van der Waals surface area contributed by atoms with Gasteiger partial charge in [0.25, 0.3) is 0 Å². The fraction of sp³-hybridized carbons (Fsp3) is 0.625. The molecule has 0 spiro atoms. The molecule has 3 heterocycles. The monoisotopic (exact) mass is 567 g/mol. The molecule has 5 nitrogen and oxygen atoms in total. The molecule has 5 rings (SSSR count). The van der Waals surface area contributed by atoms with E-state index in [0.29, 0.717) is 21.7 Å². The molecule has 0 saturated carbocycles. The molecule has 0 radical (unpaired) electrons. The first-order valence-electron chi connectivity index (χ1n) is 15.2. The number of unbranched alkanes of at least 4 members (excludes halogenated alkanes) is 5. The highest BCUT2D eigenvalue weighted by molar-refractivity contribution is 6.63. The standard InChI is InChI=1S/C32H45B2F2NO4/c1-10-11-12-13-14-15-16-37-27-19-23(33-38-29(2,3)30(4,5)39-33)25(35)17-21(27)22-18-26(36)24(20-28(22)37)34-40-31(6,7)32(8,9)41-34/h17-20H,10-16H2,1-9H3. The van der Waals surface area contributed by atoms with Gasteiger partial charge in [-0.05, 0) is 86.1 Å². The third-order valence-corrected chi connectivity index (χ3v) is 9.85. The van der Waals surface area contributed by atoms with Crippen LogP contribution < -0.4 is 10.9 Å². The molecule has 0 atom stereocenters. The maximum Gasteiger partial charge on any atom is 0.497 e. The molecule has 2 fully saturated rings. The predicted octanol–water partition coefficient (Wildman–Crippen LogP) is 7.03. The summed E-state index contributed by atoms with van der Waals surface area (Å²) in [5, 5.41) is 1.34. The molecule has 41 heavy (non-hydrogen) atoms. The molecule has 0 amide bonds. The zero-order valence-corrected chi connectivity index (χ0v) is 26.2. The first-order valence-corrected chi connectivity index (χ1v) is 15.2. The van der Waals surface area contributed by atoms with Crippen molar-refractivity contribution in [1.82, 2.24) is 4.57 Å². The highest BCUT2D eigenvalue weighted by Gasteiger charge is 2.53. The number of halogens is 2. The maximum atomic E-state index is 15.7. The second-order valence-electron chi connectivity index (χ2n) is 13.9. The molecule has 222 valence electrons. The summed E-state index contributed by atoms with van der Waals surface area (Å²) in [5.74, 6) is -0.852. The average molecular weight is 567 g/mol. The Morgan fingerprint density at radius 3 is 1.34 bits per heavy atom. The lowest BCUT2D eigenvalue weighted by molar-refractivity contribution is 0.00578. The van der Waals surface area contributed by atoms with Gasteiger partial charge in [0.15, 0.2) is 0 Å². The summed E-state index contributed by atoms with van der Waals surface area (Å²) in [6.45, 7) is 18.6. The van der Waals surface area contributed by atoms with E-state index in [-0.39, 0.29) is 0 Å². The smallest absolute Gasteiger partial charge is 0.399 e. The second-order valence-corrected chi connectivity index (χ2v) is 13.9. The summed E-state index contributed by atoms with van der Waals surface area (Å²) in [5.41, 5.74) is 0.0202. The SMILES string of the molecule is CCCCCCCCn1c2cc(B3OC(C)(C)C(C)(C)O3)c(F)cc2c2cc(F)c(B3OC(C)(C)C(C)(C)O3)cc21. The molecule has 3 aromatic rings. The summed E-state index contributed by atoms with van der Waals surface area (Å²) < 4.78 is 58.5. The molecule has 2 aliphatic heterocycles. The van der Waals surface area contributed by atoms with Crippen LogP contribution in [0.2, 0.25) is 0 Å². The van der Waals surface area contributed by atoms with Crippen LogP contribution in [0, 0.1) is 11.6 Å². The van der Waals surface area contributed by atoms with Gasteiger partial charge < -0.3 is 23.2 Å². The maximum absolute atomic E-state index is 15.7. The minimum Gasteiger partial charge on any atom is -0.399 e. The van der Waals surface area contributed by atoms with Gasteiger partial charge in [0.05, 0.1) is 22.4 Å². The molecule has 0 bridgehead atoms. The highest BCUT2D eigenvalue weighted by Crippen LogP contribution is 2.39. The fourth-order valence-corrected chi connectivity index (χ4v) is 5.76. The first kappa shape index (κ1) is 30.5. The van der Waals surface area contributed by atoms with Crippen molar-refractivity contribution in [2.24, 2.45) is 0 Å². The summed E-state index contributed by atoms with van der Waals surface area (Å²) >= 11 is 0. The van der Waals surface area contributed by atoms with Gasteiger partial charge in [0, 0.05) is 39.3 Å². The Morgan fingerprint density at radius 2 is 0.951 bits per heavy atom. The molecule has 9 heteroatoms. The number of hydrogen-bond donors (Lipinski definition) is 0. The summed E-state index contributed by atoms with van der Waals surface area (Å²) in [4.78, 5) is 0. The lowest BCUT2D eigenvalue weighted by Gasteiger charge is -2.32. The quantitative estimate of drug-likeness (QED) is 0.206. The van der Waals surface area contributed by atoms with Crippen molar-refractivity contribution in [2.75, 3.05) is 0 Å². The lowest BCUT2D eigenvalue weighted by atomic mass is 9.77. The van der Waals surface area contributed by atoms with Crippen LogP contribution in [-0.4, -0.2) is 41.2 Å². The second kappa shape index (κ2) is 10.7. The van der Waals surface area contributed by atoms with E-state index in [9.17, 15) is 0 Å². The largest absolute Gasteiger partial charge is 0.497 e. The number of aromatic nitrogens is 1. The Kier molecular flexibility index (Phi) is 7.93. The normalized spacial score (nSPS) is 21.0. The molecule has 2 aromatic carbocycles. The van der Waals surface area contributed by atoms with E-state index in [4.69, 9.17) is 18.6 Å². The van der Waals surface area contributed by atoms with E-state index in [1.807, 2.05) is 67.5 Å². The number of nitrogens with zero attached hydrogens (tertiary/aromatic N) is 1. The van der Waals surface area contributed by atoms with Gasteiger partial charge in [-0.1, -0.05) is 39.0 Å². The Hall–Kier alpha value is -1.93. The fourth-order valence-electron chi connectivity index (χ4n) is 5.76. The zero-order chi connectivity index (χ0) is 30.0. The molecular formula is C32H45B2F2NO4. The van der Waals surface area contributed by atoms with Crippen LogP contribution in [0.1, 0.15) is 101 Å². The van der Waals surface area contributed by atoms with Crippen LogP contribution in [0.25, 0.3) is 21.8 Å². The number of aryl methyl sites for hydroxylation is 1. The van der Waals surface area contributed by atoms with Crippen LogP contribution in [0.15, 0.2) is 24.3 Å². The van der Waals surface area contributed by atoms with Crippen LogP contribution in [0.4, 0.5) is 8.78 Å². The van der Waals surface area contributed by atoms with Gasteiger partial charge in [-0.25, -0.2) is 8.78 Å². The van der Waals surface area contributed by atoms with Gasteiger partial charge in [-0.3, -0.25) is 0 Å². The minimum atomic E-state index is -0.832. The number of fused-ring (bicyclic) bond motifs is 3. The Labute approximate surface area is 244 Å². The third-order valence-electron chi connectivity index (χ3n) is 9.85. The average Bonchev–Trinajstić information content (AvgIpc) is 3.36. The highest BCUT2D eigenvalue weighted by atomic mass is 19.1. The number of hydrogen-bond acceptors (Lipinski definition) is 4. The van der Waals surface area contributed by atoms with Crippen LogP contribution in [-0.2, 0) is 25.2 Å². The van der Waals surface area contributed by atoms with E-state index in [0.717, 1.165) is 30.4 Å². The topological polar surface area (TPSA) is 41.9 Å². The van der Waals surface area contributed by atoms with Crippen molar-refractivity contribution in [3.8, 4) is 0 Å². The van der Waals surface area contributed by atoms with E-state index < -0.39 is 48.3 Å². The van der Waals surface area contributed by atoms with Gasteiger partial charge in [-0.2, -0.15) is 0 Å². The van der Waals surface area contributed by atoms with Crippen molar-refractivity contribution in [3.63, 3.8) is 0 Å². The summed E-state index contributed by atoms with van der Waals surface area (Å²) in [6, 6.07) is 6.67. The number of benzene rings is 2. The first-order chi connectivity index (χ1) is 19.1. The van der Waals surface area contributed by atoms with Crippen molar-refractivity contribution in [3.05, 3.63) is 35.9 Å². The van der Waals surface area contributed by atoms with E-state index >= 15 is 8.78 Å². The van der Waals surface area contributed by atoms with Gasteiger partial charge >= 0.3 is 14.2 Å². The zero-order valence-electron chi connectivity index (χ0n) is 26.2. The van der Waals surface area contributed by atoms with Crippen molar-refractivity contribution >= 4 is 47.0 Å². The third kappa shape index (κ3) is 5.37. The predicted molar refractivity (Wildman–Crippen MR) is 164 cm³/mol. The summed E-state index contributed by atoms with van der Waals surface area (Å²) in [6.07, 6.45) is 6.90. The van der Waals surface area contributed by atoms with Gasteiger partial charge in [0.1, 0.15) is 11.6 Å². The molecule has 0 N–H and O–H groups in total. The molecule has 2 aliphatic rings. The molecule has 2 saturated heterocycles. The van der Waals surface area contributed by atoms with E-state index in [1.54, 1.807) is 0 Å². The summed E-state index contributed by atoms with van der Waals surface area (Å²) in [7, 11) is -1.66. The van der Waals surface area contributed by atoms with Crippen molar-refractivity contribution in [2.45, 2.75) is 130 Å². The Bertz CT molecular complexity index is 1320. The molecule has 0 unspecified atom stereocenters. The van der Waals surface area contributed by atoms with Crippen LogP contribution >= 0.6 is 0 Å². The number of rotatable bonds is 9. The lowest BCUT2D eigenvalue weighted by Crippen LogP contribution is -2.41. The van der Waals surface area contributed by atoms with Gasteiger partial charge in [0.2, 0.25) is 0 Å². The molecule has 1 aromatic heterocycles. The van der Waals surface area contributed by atoms with Crippen molar-refractivity contribution < 1.29 is 27.4 Å². The Balaban J connectivity index is 1.60. The molecule has 0 aliphatic carbocycles. The van der Waals surface area contributed by atoms with E-state index in [1.165, 1.54) is 37.8 Å². The van der Waals surface area contributed by atoms with Gasteiger partial charge in [-0.15, -0.1) is 0 Å². The van der Waals surface area contributed by atoms with Crippen LogP contribution in [0.5, 0.6) is 0 Å². The Morgan fingerprint density at radius 1 is 0.585 bits per heavy atom. The van der Waals surface area contributed by atoms with Crippen molar-refractivity contribution in [1.29, 1.82) is 0 Å².